The first-order valence-electron chi connectivity index (χ1n) is 11.3. The summed E-state index contributed by atoms with van der Waals surface area (Å²) in [6.45, 7) is 0.974. The minimum absolute atomic E-state index is 0.167. The van der Waals surface area contributed by atoms with Gasteiger partial charge < -0.3 is 15.0 Å². The van der Waals surface area contributed by atoms with Crippen LogP contribution in [0.1, 0.15) is 29.5 Å². The molecule has 0 saturated carbocycles. The van der Waals surface area contributed by atoms with Crippen molar-refractivity contribution in [2.24, 2.45) is 4.99 Å². The molecule has 2 aliphatic heterocycles. The van der Waals surface area contributed by atoms with E-state index in [2.05, 4.69) is 5.32 Å². The van der Waals surface area contributed by atoms with E-state index in [4.69, 9.17) is 21.3 Å². The molecule has 0 atom stereocenters. The summed E-state index contributed by atoms with van der Waals surface area (Å²) < 4.78 is 5.49. The van der Waals surface area contributed by atoms with Crippen molar-refractivity contribution in [1.29, 1.82) is 0 Å². The van der Waals surface area contributed by atoms with Crippen LogP contribution in [0.25, 0.3) is 0 Å². The lowest BCUT2D eigenvalue weighted by Gasteiger charge is -2.37. The number of fused-ring (bicyclic) bond motifs is 1. The molecule has 2 heterocycles. The van der Waals surface area contributed by atoms with Crippen LogP contribution in [0.15, 0.2) is 83.9 Å². The van der Waals surface area contributed by atoms with Gasteiger partial charge >= 0.3 is 6.09 Å². The molecule has 2 amide bonds. The van der Waals surface area contributed by atoms with Crippen LogP contribution in [-0.2, 0) is 16.1 Å². The van der Waals surface area contributed by atoms with Crippen LogP contribution >= 0.6 is 11.6 Å². The van der Waals surface area contributed by atoms with E-state index in [1.54, 1.807) is 11.0 Å². The Kier molecular flexibility index (Phi) is 6.07. The van der Waals surface area contributed by atoms with Gasteiger partial charge in [0.25, 0.3) is 5.91 Å². The molecule has 34 heavy (non-hydrogen) atoms. The zero-order chi connectivity index (χ0) is 23.5. The highest BCUT2D eigenvalue weighted by molar-refractivity contribution is 6.32. The second-order valence-electron chi connectivity index (χ2n) is 8.53. The highest BCUT2D eigenvalue weighted by atomic mass is 35.5. The van der Waals surface area contributed by atoms with Crippen LogP contribution in [0.4, 0.5) is 10.5 Å². The molecule has 3 aromatic rings. The second kappa shape index (κ2) is 9.31. The van der Waals surface area contributed by atoms with Gasteiger partial charge in [0.05, 0.1) is 11.4 Å². The lowest BCUT2D eigenvalue weighted by molar-refractivity contribution is -0.122. The molecule has 172 valence electrons. The van der Waals surface area contributed by atoms with Gasteiger partial charge in [0.15, 0.2) is 0 Å². The van der Waals surface area contributed by atoms with Gasteiger partial charge in [-0.3, -0.25) is 9.79 Å². The largest absolute Gasteiger partial charge is 0.445 e. The van der Waals surface area contributed by atoms with Crippen LogP contribution in [0.2, 0.25) is 5.02 Å². The number of nitrogens with one attached hydrogen (secondary N) is 1. The predicted octanol–water partition coefficient (Wildman–Crippen LogP) is 5.30. The Balaban J connectivity index is 1.39. The van der Waals surface area contributed by atoms with Gasteiger partial charge in [-0.15, -0.1) is 0 Å². The minimum atomic E-state index is -0.979. The number of aliphatic imine (C=N–C) groups is 1. The quantitative estimate of drug-likeness (QED) is 0.561. The third-order valence-electron chi connectivity index (χ3n) is 6.33. The van der Waals surface area contributed by atoms with E-state index in [1.807, 2.05) is 72.8 Å². The summed E-state index contributed by atoms with van der Waals surface area (Å²) in [5.74, 6) is -0.167. The van der Waals surface area contributed by atoms with E-state index >= 15 is 0 Å². The number of piperidine rings is 1. The van der Waals surface area contributed by atoms with Crippen molar-refractivity contribution in [3.05, 3.63) is 101 Å². The number of benzene rings is 3. The van der Waals surface area contributed by atoms with Crippen LogP contribution < -0.4 is 5.32 Å². The molecule has 3 aromatic carbocycles. The Morgan fingerprint density at radius 2 is 1.68 bits per heavy atom. The molecule has 1 saturated heterocycles. The maximum absolute atomic E-state index is 13.4. The van der Waals surface area contributed by atoms with Gasteiger partial charge in [-0.25, -0.2) is 4.79 Å². The van der Waals surface area contributed by atoms with E-state index < -0.39 is 5.54 Å². The summed E-state index contributed by atoms with van der Waals surface area (Å²) in [4.78, 5) is 32.8. The fraction of sp³-hybridized carbons (Fsp3) is 0.222. The van der Waals surface area contributed by atoms with Gasteiger partial charge in [-0.2, -0.15) is 0 Å². The average Bonchev–Trinajstić information content (AvgIpc) is 2.99. The summed E-state index contributed by atoms with van der Waals surface area (Å²) >= 11 is 6.30. The molecule has 0 aromatic heterocycles. The third kappa shape index (κ3) is 4.41. The van der Waals surface area contributed by atoms with Gasteiger partial charge in [-0.1, -0.05) is 72.3 Å². The van der Waals surface area contributed by atoms with E-state index in [0.29, 0.717) is 36.6 Å². The Morgan fingerprint density at radius 3 is 2.38 bits per heavy atom. The molecule has 5 rings (SSSR count). The normalized spacial score (nSPS) is 16.8. The first-order chi connectivity index (χ1) is 16.5. The maximum Gasteiger partial charge on any atom is 0.410 e. The number of rotatable bonds is 3. The number of ether oxygens (including phenoxy) is 1. The van der Waals surface area contributed by atoms with Crippen molar-refractivity contribution in [3.8, 4) is 0 Å². The van der Waals surface area contributed by atoms with Gasteiger partial charge in [-0.05, 0) is 36.6 Å². The molecule has 7 heteroatoms. The minimum Gasteiger partial charge on any atom is -0.445 e. The molecule has 0 unspecified atom stereocenters. The SMILES string of the molecule is O=C(OCc1ccccc1)N1CCC2(CC1)N=C(c1ccccc1)c1cc(Cl)ccc1NC2=O. The first kappa shape index (κ1) is 22.2. The van der Waals surface area contributed by atoms with Crippen molar-refractivity contribution in [2.75, 3.05) is 18.4 Å². The van der Waals surface area contributed by atoms with Crippen molar-refractivity contribution in [2.45, 2.75) is 25.0 Å². The fourth-order valence-electron chi connectivity index (χ4n) is 4.41. The van der Waals surface area contributed by atoms with Gasteiger partial charge in [0.2, 0.25) is 0 Å². The summed E-state index contributed by atoms with van der Waals surface area (Å²) in [6.07, 6.45) is 0.421. The molecule has 0 radical (unpaired) electrons. The predicted molar refractivity (Wildman–Crippen MR) is 132 cm³/mol. The Morgan fingerprint density at radius 1 is 1.00 bits per heavy atom. The maximum atomic E-state index is 13.4. The number of hydrogen-bond acceptors (Lipinski definition) is 4. The van der Waals surface area contributed by atoms with Crippen molar-refractivity contribution in [3.63, 3.8) is 0 Å². The van der Waals surface area contributed by atoms with Crippen LogP contribution in [0, 0.1) is 0 Å². The smallest absolute Gasteiger partial charge is 0.410 e. The molecular formula is C27H24ClN3O3. The topological polar surface area (TPSA) is 71.0 Å². The standard InChI is InChI=1S/C27H24ClN3O3/c28-21-11-12-23-22(17-21)24(20-9-5-2-6-10-20)30-27(25(32)29-23)13-15-31(16-14-27)26(33)34-18-19-7-3-1-4-8-19/h1-12,17H,13-16,18H2,(H,29,32). The monoisotopic (exact) mass is 473 g/mol. The molecular weight excluding hydrogens is 450 g/mol. The summed E-state index contributed by atoms with van der Waals surface area (Å²) in [6, 6.07) is 24.7. The first-order valence-corrected chi connectivity index (χ1v) is 11.6. The van der Waals surface area contributed by atoms with Gasteiger partial charge in [0.1, 0.15) is 12.1 Å². The lowest BCUT2D eigenvalue weighted by atomic mass is 9.87. The van der Waals surface area contributed by atoms with E-state index in [0.717, 1.165) is 22.4 Å². The number of amides is 2. The summed E-state index contributed by atoms with van der Waals surface area (Å²) in [7, 11) is 0. The lowest BCUT2D eigenvalue weighted by Crippen LogP contribution is -2.51. The third-order valence-corrected chi connectivity index (χ3v) is 6.57. The Bertz CT molecular complexity index is 1240. The van der Waals surface area contributed by atoms with Crippen molar-refractivity contribution in [1.82, 2.24) is 4.90 Å². The Hall–Kier alpha value is -3.64. The molecule has 6 nitrogen and oxygen atoms in total. The second-order valence-corrected chi connectivity index (χ2v) is 8.97. The van der Waals surface area contributed by atoms with Crippen molar-refractivity contribution >= 4 is 35.0 Å². The number of likely N-dealkylation sites (tertiary alicyclic amines) is 1. The molecule has 1 fully saturated rings. The average molecular weight is 474 g/mol. The zero-order valence-electron chi connectivity index (χ0n) is 18.5. The number of nitrogens with zero attached hydrogens (tertiary/aromatic N) is 2. The summed E-state index contributed by atoms with van der Waals surface area (Å²) in [5, 5.41) is 3.63. The Labute approximate surface area is 203 Å². The van der Waals surface area contributed by atoms with Crippen molar-refractivity contribution < 1.29 is 14.3 Å². The van der Waals surface area contributed by atoms with Gasteiger partial charge in [0, 0.05) is 29.2 Å². The zero-order valence-corrected chi connectivity index (χ0v) is 19.3. The van der Waals surface area contributed by atoms with E-state index in [-0.39, 0.29) is 18.6 Å². The molecule has 0 bridgehead atoms. The van der Waals surface area contributed by atoms with Crippen LogP contribution in [0.3, 0.4) is 0 Å². The highest BCUT2D eigenvalue weighted by Gasteiger charge is 2.44. The number of anilines is 1. The highest BCUT2D eigenvalue weighted by Crippen LogP contribution is 2.35. The fourth-order valence-corrected chi connectivity index (χ4v) is 4.58. The molecule has 1 N–H and O–H groups in total. The van der Waals surface area contributed by atoms with Crippen LogP contribution in [0.5, 0.6) is 0 Å². The summed E-state index contributed by atoms with van der Waals surface area (Å²) in [5.41, 5.74) is 3.05. The number of halogens is 1. The molecule has 2 aliphatic rings. The van der Waals surface area contributed by atoms with E-state index in [1.165, 1.54) is 0 Å². The van der Waals surface area contributed by atoms with Crippen LogP contribution in [-0.4, -0.2) is 41.2 Å². The molecule has 0 aliphatic carbocycles. The number of hydrogen-bond donors (Lipinski definition) is 1. The molecule has 1 spiro atoms. The number of carbonyl (C=O) groups is 2. The number of carbonyl (C=O) groups excluding carboxylic acids is 2. The van der Waals surface area contributed by atoms with E-state index in [9.17, 15) is 9.59 Å².